The highest BCUT2D eigenvalue weighted by Crippen LogP contribution is 2.28. The Bertz CT molecular complexity index is 545. The van der Waals surface area contributed by atoms with Gasteiger partial charge >= 0.3 is 6.18 Å². The Hall–Kier alpha value is -2.05. The zero-order valence-electron chi connectivity index (χ0n) is 8.86. The average Bonchev–Trinajstić information content (AvgIpc) is 2.65. The molecule has 4 nitrogen and oxygen atoms in total. The van der Waals surface area contributed by atoms with Crippen molar-refractivity contribution in [1.29, 1.82) is 0 Å². The molecule has 2 heterocycles. The van der Waals surface area contributed by atoms with E-state index in [-0.39, 0.29) is 0 Å². The van der Waals surface area contributed by atoms with E-state index in [0.717, 1.165) is 10.7 Å². The molecule has 2 N–H and O–H groups in total. The third-order valence-corrected chi connectivity index (χ3v) is 2.17. The number of hydrogen-bond acceptors (Lipinski definition) is 3. The zero-order chi connectivity index (χ0) is 12.6. The van der Waals surface area contributed by atoms with E-state index < -0.39 is 11.9 Å². The van der Waals surface area contributed by atoms with Crippen LogP contribution in [0.3, 0.4) is 0 Å². The Morgan fingerprint density at radius 1 is 1.35 bits per heavy atom. The summed E-state index contributed by atoms with van der Waals surface area (Å²) in [6, 6.07) is 2.52. The van der Waals surface area contributed by atoms with Gasteiger partial charge in [0.05, 0.1) is 11.9 Å². The number of nitrogen functional groups attached to an aromatic ring is 1. The molecule has 0 spiro atoms. The van der Waals surface area contributed by atoms with Crippen molar-refractivity contribution in [3.8, 4) is 5.82 Å². The first-order chi connectivity index (χ1) is 7.88. The van der Waals surface area contributed by atoms with E-state index in [1.165, 1.54) is 12.4 Å². The third-order valence-electron chi connectivity index (χ3n) is 2.17. The quantitative estimate of drug-likeness (QED) is 0.833. The van der Waals surface area contributed by atoms with Crippen LogP contribution in [-0.2, 0) is 6.18 Å². The molecule has 0 fully saturated rings. The molecule has 0 amide bonds. The lowest BCUT2D eigenvalue weighted by molar-refractivity contribution is -0.141. The molecular formula is C10H9F3N4. The molecule has 0 saturated heterocycles. The van der Waals surface area contributed by atoms with Gasteiger partial charge in [0.1, 0.15) is 0 Å². The third kappa shape index (κ3) is 2.22. The summed E-state index contributed by atoms with van der Waals surface area (Å²) in [5, 5.41) is 3.43. The molecule has 0 aliphatic heterocycles. The van der Waals surface area contributed by atoms with Crippen molar-refractivity contribution in [2.75, 3.05) is 5.73 Å². The van der Waals surface area contributed by atoms with Crippen molar-refractivity contribution in [2.24, 2.45) is 0 Å². The maximum Gasteiger partial charge on any atom is 0.435 e. The molecule has 0 bridgehead atoms. The minimum atomic E-state index is -4.45. The van der Waals surface area contributed by atoms with Gasteiger partial charge in [-0.25, -0.2) is 9.67 Å². The van der Waals surface area contributed by atoms with Crippen molar-refractivity contribution in [3.63, 3.8) is 0 Å². The number of rotatable bonds is 1. The lowest BCUT2D eigenvalue weighted by Gasteiger charge is -2.05. The summed E-state index contributed by atoms with van der Waals surface area (Å²) in [6.07, 6.45) is -1.86. The number of halogens is 3. The summed E-state index contributed by atoms with van der Waals surface area (Å²) >= 11 is 0. The Balaban J connectivity index is 2.44. The summed E-state index contributed by atoms with van der Waals surface area (Å²) in [5.41, 5.74) is 5.67. The Labute approximate surface area is 94.9 Å². The summed E-state index contributed by atoms with van der Waals surface area (Å²) in [5.74, 6) is 0.328. The first-order valence-corrected chi connectivity index (χ1v) is 4.73. The standard InChI is InChI=1S/C10H9F3N4/c1-6-4-7(14)5-15-9(6)17-3-2-8(16-17)10(11,12)13/h2-5H,14H2,1H3. The highest BCUT2D eigenvalue weighted by atomic mass is 19.4. The molecule has 0 radical (unpaired) electrons. The van der Waals surface area contributed by atoms with E-state index in [9.17, 15) is 13.2 Å². The number of aromatic nitrogens is 3. The van der Waals surface area contributed by atoms with E-state index in [4.69, 9.17) is 5.73 Å². The molecule has 2 aromatic rings. The Morgan fingerprint density at radius 3 is 2.59 bits per heavy atom. The highest BCUT2D eigenvalue weighted by Gasteiger charge is 2.33. The second-order valence-electron chi connectivity index (χ2n) is 3.55. The second-order valence-corrected chi connectivity index (χ2v) is 3.55. The van der Waals surface area contributed by atoms with E-state index in [2.05, 4.69) is 10.1 Å². The van der Waals surface area contributed by atoms with Crippen molar-refractivity contribution in [2.45, 2.75) is 13.1 Å². The number of pyridine rings is 1. The van der Waals surface area contributed by atoms with Crippen LogP contribution in [0.4, 0.5) is 18.9 Å². The fourth-order valence-corrected chi connectivity index (χ4v) is 1.42. The zero-order valence-corrected chi connectivity index (χ0v) is 8.86. The van der Waals surface area contributed by atoms with Gasteiger partial charge in [0.15, 0.2) is 11.5 Å². The molecule has 0 unspecified atom stereocenters. The largest absolute Gasteiger partial charge is 0.435 e. The van der Waals surface area contributed by atoms with E-state index in [1.807, 2.05) is 0 Å². The molecule has 2 aromatic heterocycles. The second kappa shape index (κ2) is 3.76. The maximum absolute atomic E-state index is 12.4. The van der Waals surface area contributed by atoms with Crippen LogP contribution in [-0.4, -0.2) is 14.8 Å². The van der Waals surface area contributed by atoms with Crippen LogP contribution >= 0.6 is 0 Å². The van der Waals surface area contributed by atoms with Crippen LogP contribution in [0.15, 0.2) is 24.5 Å². The molecule has 7 heteroatoms. The molecule has 0 aliphatic carbocycles. The fourth-order valence-electron chi connectivity index (χ4n) is 1.42. The van der Waals surface area contributed by atoms with Crippen LogP contribution in [0, 0.1) is 6.92 Å². The molecule has 0 saturated carbocycles. The predicted octanol–water partition coefficient (Wildman–Crippen LogP) is 2.18. The highest BCUT2D eigenvalue weighted by molar-refractivity contribution is 5.44. The number of alkyl halides is 3. The van der Waals surface area contributed by atoms with Crippen molar-refractivity contribution in [3.05, 3.63) is 35.8 Å². The van der Waals surface area contributed by atoms with Crippen LogP contribution in [0.1, 0.15) is 11.3 Å². The lowest BCUT2D eigenvalue weighted by atomic mass is 10.3. The molecular weight excluding hydrogens is 233 g/mol. The number of anilines is 1. The number of hydrogen-bond donors (Lipinski definition) is 1. The topological polar surface area (TPSA) is 56.7 Å². The lowest BCUT2D eigenvalue weighted by Crippen LogP contribution is -2.08. The number of nitrogens with zero attached hydrogens (tertiary/aromatic N) is 3. The van der Waals surface area contributed by atoms with Gasteiger partial charge in [-0.15, -0.1) is 0 Å². The summed E-state index contributed by atoms with van der Waals surface area (Å²) in [4.78, 5) is 3.95. The normalized spacial score (nSPS) is 11.8. The van der Waals surface area contributed by atoms with Gasteiger partial charge < -0.3 is 5.73 Å². The molecule has 0 atom stereocenters. The summed E-state index contributed by atoms with van der Waals surface area (Å²) in [6.45, 7) is 1.70. The van der Waals surface area contributed by atoms with Gasteiger partial charge in [-0.1, -0.05) is 0 Å². The minimum Gasteiger partial charge on any atom is -0.397 e. The Morgan fingerprint density at radius 2 is 2.06 bits per heavy atom. The van der Waals surface area contributed by atoms with Crippen molar-refractivity contribution >= 4 is 5.69 Å². The van der Waals surface area contributed by atoms with Crippen LogP contribution in [0.2, 0.25) is 0 Å². The number of nitrogens with two attached hydrogens (primary N) is 1. The van der Waals surface area contributed by atoms with Gasteiger partial charge in [0, 0.05) is 6.20 Å². The first kappa shape index (κ1) is 11.4. The molecule has 90 valence electrons. The monoisotopic (exact) mass is 242 g/mol. The van der Waals surface area contributed by atoms with E-state index in [0.29, 0.717) is 17.1 Å². The summed E-state index contributed by atoms with van der Waals surface area (Å²) < 4.78 is 38.2. The van der Waals surface area contributed by atoms with Gasteiger partial charge in [-0.3, -0.25) is 0 Å². The van der Waals surface area contributed by atoms with Crippen molar-refractivity contribution < 1.29 is 13.2 Å². The van der Waals surface area contributed by atoms with Crippen LogP contribution in [0.5, 0.6) is 0 Å². The number of aryl methyl sites for hydroxylation is 1. The van der Waals surface area contributed by atoms with Crippen molar-refractivity contribution in [1.82, 2.24) is 14.8 Å². The maximum atomic E-state index is 12.4. The van der Waals surface area contributed by atoms with E-state index in [1.54, 1.807) is 13.0 Å². The predicted molar refractivity (Wildman–Crippen MR) is 55.5 cm³/mol. The smallest absolute Gasteiger partial charge is 0.397 e. The van der Waals surface area contributed by atoms with Gasteiger partial charge in [0.2, 0.25) is 0 Å². The molecule has 2 rings (SSSR count). The van der Waals surface area contributed by atoms with Crippen LogP contribution in [0.25, 0.3) is 5.82 Å². The fraction of sp³-hybridized carbons (Fsp3) is 0.200. The molecule has 17 heavy (non-hydrogen) atoms. The average molecular weight is 242 g/mol. The SMILES string of the molecule is Cc1cc(N)cnc1-n1ccc(C(F)(F)F)n1. The van der Waals surface area contributed by atoms with Crippen LogP contribution < -0.4 is 5.73 Å². The van der Waals surface area contributed by atoms with Gasteiger partial charge in [0.25, 0.3) is 0 Å². The van der Waals surface area contributed by atoms with Gasteiger partial charge in [-0.2, -0.15) is 18.3 Å². The van der Waals surface area contributed by atoms with Gasteiger partial charge in [-0.05, 0) is 24.6 Å². The first-order valence-electron chi connectivity index (χ1n) is 4.73. The summed E-state index contributed by atoms with van der Waals surface area (Å²) in [7, 11) is 0. The van der Waals surface area contributed by atoms with E-state index >= 15 is 0 Å². The molecule has 0 aliphatic rings. The minimum absolute atomic E-state index is 0.328. The molecule has 0 aromatic carbocycles. The Kier molecular flexibility index (Phi) is 2.53.